The van der Waals surface area contributed by atoms with Crippen molar-refractivity contribution in [3.8, 4) is 17.6 Å². The van der Waals surface area contributed by atoms with Crippen LogP contribution in [0.5, 0.6) is 5.75 Å². The van der Waals surface area contributed by atoms with E-state index in [-0.39, 0.29) is 24.3 Å². The van der Waals surface area contributed by atoms with Gasteiger partial charge in [-0.25, -0.2) is 19.7 Å². The summed E-state index contributed by atoms with van der Waals surface area (Å²) in [5.41, 5.74) is 0.628. The van der Waals surface area contributed by atoms with Gasteiger partial charge in [-0.05, 0) is 66.0 Å². The molecular formula is C27H33N7O3. The van der Waals surface area contributed by atoms with Crippen molar-refractivity contribution in [1.82, 2.24) is 24.4 Å². The predicted molar refractivity (Wildman–Crippen MR) is 139 cm³/mol. The first kappa shape index (κ1) is 24.8. The monoisotopic (exact) mass is 503 g/mol. The van der Waals surface area contributed by atoms with Crippen LogP contribution >= 0.6 is 0 Å². The summed E-state index contributed by atoms with van der Waals surface area (Å²) in [7, 11) is 0. The summed E-state index contributed by atoms with van der Waals surface area (Å²) in [6.07, 6.45) is 8.10. The first-order chi connectivity index (χ1) is 17.6. The Morgan fingerprint density at radius 2 is 1.92 bits per heavy atom. The summed E-state index contributed by atoms with van der Waals surface area (Å²) < 4.78 is 13.9. The Bertz CT molecular complexity index is 1350. The number of amides is 1. The molecule has 0 radical (unpaired) electrons. The molecule has 1 aliphatic carbocycles. The van der Waals surface area contributed by atoms with E-state index < -0.39 is 5.60 Å². The molecule has 1 amide bonds. The molecular weight excluding hydrogens is 470 g/mol. The predicted octanol–water partition coefficient (Wildman–Crippen LogP) is 4.45. The van der Waals surface area contributed by atoms with Crippen molar-refractivity contribution in [2.24, 2.45) is 0 Å². The molecule has 0 spiro atoms. The van der Waals surface area contributed by atoms with Gasteiger partial charge in [0.15, 0.2) is 11.4 Å². The van der Waals surface area contributed by atoms with E-state index in [9.17, 15) is 10.1 Å². The van der Waals surface area contributed by atoms with Crippen molar-refractivity contribution >= 4 is 22.9 Å². The first-order valence-corrected chi connectivity index (χ1v) is 12.8. The van der Waals surface area contributed by atoms with Gasteiger partial charge in [0.1, 0.15) is 29.0 Å². The average molecular weight is 504 g/mol. The summed E-state index contributed by atoms with van der Waals surface area (Å²) in [4.78, 5) is 30.7. The molecule has 10 nitrogen and oxygen atoms in total. The maximum absolute atomic E-state index is 12.9. The van der Waals surface area contributed by atoms with Crippen LogP contribution in [0.3, 0.4) is 0 Å². The normalized spacial score (nSPS) is 20.4. The van der Waals surface area contributed by atoms with Gasteiger partial charge in [0, 0.05) is 31.4 Å². The molecule has 2 fully saturated rings. The van der Waals surface area contributed by atoms with Crippen LogP contribution < -0.4 is 9.64 Å². The van der Waals surface area contributed by atoms with Crippen LogP contribution in [0.15, 0.2) is 30.9 Å². The third kappa shape index (κ3) is 4.90. The summed E-state index contributed by atoms with van der Waals surface area (Å²) in [5, 5.41) is 10.2. The fourth-order valence-electron chi connectivity index (χ4n) is 4.78. The summed E-state index contributed by atoms with van der Waals surface area (Å²) in [6, 6.07) is 5.49. The highest BCUT2D eigenvalue weighted by molar-refractivity contribution is 5.95. The van der Waals surface area contributed by atoms with Crippen molar-refractivity contribution in [3.63, 3.8) is 0 Å². The Labute approximate surface area is 216 Å². The van der Waals surface area contributed by atoms with Gasteiger partial charge in [-0.3, -0.25) is 4.57 Å². The molecule has 194 valence electrons. The summed E-state index contributed by atoms with van der Waals surface area (Å²) in [5.74, 6) is 2.06. The van der Waals surface area contributed by atoms with Crippen LogP contribution in [-0.4, -0.2) is 67.4 Å². The van der Waals surface area contributed by atoms with Gasteiger partial charge >= 0.3 is 6.09 Å². The van der Waals surface area contributed by atoms with E-state index in [1.54, 1.807) is 29.6 Å². The highest BCUT2D eigenvalue weighted by Gasteiger charge is 2.36. The van der Waals surface area contributed by atoms with Gasteiger partial charge in [-0.1, -0.05) is 0 Å². The number of anilines is 1. The van der Waals surface area contributed by atoms with Crippen LogP contribution in [0.25, 0.3) is 16.9 Å². The van der Waals surface area contributed by atoms with Crippen molar-refractivity contribution in [1.29, 1.82) is 5.26 Å². The zero-order chi connectivity index (χ0) is 26.3. The lowest BCUT2D eigenvalue weighted by molar-refractivity contribution is 0.0130. The van der Waals surface area contributed by atoms with Crippen LogP contribution in [-0.2, 0) is 4.74 Å². The van der Waals surface area contributed by atoms with Gasteiger partial charge < -0.3 is 19.3 Å². The van der Waals surface area contributed by atoms with Crippen LogP contribution in [0, 0.1) is 11.3 Å². The van der Waals surface area contributed by atoms with E-state index >= 15 is 0 Å². The Kier molecular flexibility index (Phi) is 6.40. The number of ether oxygens (including phenoxy) is 2. The van der Waals surface area contributed by atoms with E-state index in [0.717, 1.165) is 30.5 Å². The van der Waals surface area contributed by atoms with Crippen molar-refractivity contribution in [3.05, 3.63) is 36.4 Å². The average Bonchev–Trinajstić information content (AvgIpc) is 3.20. The minimum atomic E-state index is -0.552. The second-order valence-electron chi connectivity index (χ2n) is 10.9. The molecule has 10 heteroatoms. The van der Waals surface area contributed by atoms with E-state index in [2.05, 4.69) is 27.9 Å². The number of piperazine rings is 1. The van der Waals surface area contributed by atoms with Gasteiger partial charge in [0.2, 0.25) is 0 Å². The van der Waals surface area contributed by atoms with Crippen molar-refractivity contribution in [2.45, 2.75) is 77.7 Å². The topological polar surface area (TPSA) is 109 Å². The standard InChI is InChI=1S/C27H33N7O3/c1-17-14-33(26(35)37-27(3,4)5)18(2)13-32(17)24-23-21(36-20-7-6-8-20)15-34(25(23)31-16-30-24)22-11-19(12-28)9-10-29-22/h9-11,15-18,20H,6-8,13-14H2,1-5H3/t17-,18+/m0/s1. The third-order valence-corrected chi connectivity index (χ3v) is 6.88. The zero-order valence-electron chi connectivity index (χ0n) is 22.0. The number of rotatable bonds is 4. The fourth-order valence-corrected chi connectivity index (χ4v) is 4.78. The number of carbonyl (C=O) groups excluding carboxylic acids is 1. The molecule has 0 N–H and O–H groups in total. The molecule has 5 rings (SSSR count). The molecule has 0 unspecified atom stereocenters. The van der Waals surface area contributed by atoms with E-state index in [4.69, 9.17) is 14.5 Å². The minimum absolute atomic E-state index is 0.0123. The Morgan fingerprint density at radius 3 is 2.59 bits per heavy atom. The highest BCUT2D eigenvalue weighted by Crippen LogP contribution is 2.39. The quantitative estimate of drug-likeness (QED) is 0.514. The Morgan fingerprint density at radius 1 is 1.14 bits per heavy atom. The number of aromatic nitrogens is 4. The van der Waals surface area contributed by atoms with E-state index in [0.29, 0.717) is 35.9 Å². The first-order valence-electron chi connectivity index (χ1n) is 12.8. The lowest BCUT2D eigenvalue weighted by Gasteiger charge is -2.44. The van der Waals surface area contributed by atoms with Gasteiger partial charge in [0.05, 0.1) is 23.9 Å². The molecule has 4 heterocycles. The minimum Gasteiger partial charge on any atom is -0.488 e. The lowest BCUT2D eigenvalue weighted by atomic mass is 9.96. The SMILES string of the molecule is C[C@@H]1CN(c2ncnc3c2c(OC2CCC2)cn3-c2cc(C#N)ccn2)[C@@H](C)CN1C(=O)OC(C)(C)C. The van der Waals surface area contributed by atoms with Gasteiger partial charge in [-0.15, -0.1) is 0 Å². The third-order valence-electron chi connectivity index (χ3n) is 6.88. The van der Waals surface area contributed by atoms with Gasteiger partial charge in [0.25, 0.3) is 0 Å². The molecule has 0 bridgehead atoms. The largest absolute Gasteiger partial charge is 0.488 e. The molecule has 3 aromatic rings. The number of pyridine rings is 1. The summed E-state index contributed by atoms with van der Waals surface area (Å²) in [6.45, 7) is 10.8. The van der Waals surface area contributed by atoms with E-state index in [1.807, 2.05) is 38.5 Å². The Hall–Kier alpha value is -3.87. The second-order valence-corrected chi connectivity index (χ2v) is 10.9. The molecule has 1 saturated heterocycles. The fraction of sp³-hybridized carbons (Fsp3) is 0.519. The van der Waals surface area contributed by atoms with E-state index in [1.165, 1.54) is 0 Å². The van der Waals surface area contributed by atoms with Crippen molar-refractivity contribution in [2.75, 3.05) is 18.0 Å². The zero-order valence-corrected chi connectivity index (χ0v) is 22.0. The van der Waals surface area contributed by atoms with Gasteiger partial charge in [-0.2, -0.15) is 5.26 Å². The maximum Gasteiger partial charge on any atom is 0.410 e. The summed E-state index contributed by atoms with van der Waals surface area (Å²) >= 11 is 0. The number of hydrogen-bond acceptors (Lipinski definition) is 8. The smallest absolute Gasteiger partial charge is 0.410 e. The van der Waals surface area contributed by atoms with Crippen molar-refractivity contribution < 1.29 is 14.3 Å². The molecule has 3 aromatic heterocycles. The molecule has 37 heavy (non-hydrogen) atoms. The number of nitrogens with zero attached hydrogens (tertiary/aromatic N) is 7. The lowest BCUT2D eigenvalue weighted by Crippen LogP contribution is -2.59. The number of carbonyl (C=O) groups is 1. The molecule has 0 aromatic carbocycles. The molecule has 2 aliphatic rings. The number of nitriles is 1. The second kappa shape index (κ2) is 9.54. The molecule has 2 atom stereocenters. The molecule has 1 saturated carbocycles. The number of hydrogen-bond donors (Lipinski definition) is 0. The number of fused-ring (bicyclic) bond motifs is 1. The highest BCUT2D eigenvalue weighted by atomic mass is 16.6. The van der Waals surface area contributed by atoms with Crippen LogP contribution in [0.1, 0.15) is 59.4 Å². The Balaban J connectivity index is 1.54. The van der Waals surface area contributed by atoms with Crippen LogP contribution in [0.4, 0.5) is 10.6 Å². The van der Waals surface area contributed by atoms with Crippen LogP contribution in [0.2, 0.25) is 0 Å². The maximum atomic E-state index is 12.9. The molecule has 1 aliphatic heterocycles.